The second-order valence-electron chi connectivity index (χ2n) is 4.33. The molecule has 0 saturated heterocycles. The highest BCUT2D eigenvalue weighted by atomic mass is 14.8. The summed E-state index contributed by atoms with van der Waals surface area (Å²) in [4.78, 5) is 4.40. The molecular formula is C12H18N2. The first kappa shape index (κ1) is 9.66. The number of rotatable bonds is 2. The number of pyridine rings is 1. The first-order chi connectivity index (χ1) is 6.77. The molecule has 0 bridgehead atoms. The lowest BCUT2D eigenvalue weighted by Gasteiger charge is -2.17. The molecule has 1 aliphatic rings. The molecule has 1 heterocycles. The Labute approximate surface area is 85.5 Å². The van der Waals surface area contributed by atoms with Crippen LogP contribution in [0.4, 0.5) is 0 Å². The van der Waals surface area contributed by atoms with Crippen molar-refractivity contribution in [3.8, 4) is 0 Å². The smallest absolute Gasteiger partial charge is 0.0574 e. The van der Waals surface area contributed by atoms with Gasteiger partial charge in [0.15, 0.2) is 0 Å². The summed E-state index contributed by atoms with van der Waals surface area (Å²) in [5.41, 5.74) is 8.45. The average Bonchev–Trinajstić information content (AvgIpc) is 2.71. The van der Waals surface area contributed by atoms with Gasteiger partial charge in [0.1, 0.15) is 0 Å². The zero-order valence-electron chi connectivity index (χ0n) is 8.74. The van der Waals surface area contributed by atoms with Crippen molar-refractivity contribution in [2.24, 2.45) is 11.7 Å². The fourth-order valence-corrected chi connectivity index (χ4v) is 2.23. The maximum Gasteiger partial charge on any atom is 0.0574 e. The Morgan fingerprint density at radius 2 is 2.07 bits per heavy atom. The van der Waals surface area contributed by atoms with E-state index in [2.05, 4.69) is 24.0 Å². The topological polar surface area (TPSA) is 38.9 Å². The third kappa shape index (κ3) is 1.95. The summed E-state index contributed by atoms with van der Waals surface area (Å²) in [6.45, 7) is 2.05. The van der Waals surface area contributed by atoms with Gasteiger partial charge in [-0.25, -0.2) is 0 Å². The molecule has 0 radical (unpaired) electrons. The molecule has 2 heteroatoms. The molecule has 0 unspecified atom stereocenters. The van der Waals surface area contributed by atoms with Crippen LogP contribution in [0.15, 0.2) is 18.3 Å². The Bertz CT molecular complexity index is 286. The number of hydrogen-bond donors (Lipinski definition) is 1. The monoisotopic (exact) mass is 190 g/mol. The van der Waals surface area contributed by atoms with E-state index in [9.17, 15) is 0 Å². The van der Waals surface area contributed by atoms with Crippen LogP contribution >= 0.6 is 0 Å². The van der Waals surface area contributed by atoms with Gasteiger partial charge in [0.05, 0.1) is 5.69 Å². The lowest BCUT2D eigenvalue weighted by molar-refractivity contribution is 0.437. The van der Waals surface area contributed by atoms with E-state index in [0.717, 1.165) is 5.69 Å². The molecule has 76 valence electrons. The van der Waals surface area contributed by atoms with Crippen molar-refractivity contribution in [3.63, 3.8) is 0 Å². The van der Waals surface area contributed by atoms with Gasteiger partial charge in [-0.2, -0.15) is 0 Å². The summed E-state index contributed by atoms with van der Waals surface area (Å²) in [6, 6.07) is 4.31. The minimum absolute atomic E-state index is 0.151. The van der Waals surface area contributed by atoms with Gasteiger partial charge in [-0.1, -0.05) is 18.9 Å². The van der Waals surface area contributed by atoms with Gasteiger partial charge >= 0.3 is 0 Å². The van der Waals surface area contributed by atoms with Crippen molar-refractivity contribution in [1.82, 2.24) is 4.98 Å². The van der Waals surface area contributed by atoms with E-state index in [1.165, 1.54) is 31.2 Å². The molecule has 1 aromatic rings. The van der Waals surface area contributed by atoms with Crippen molar-refractivity contribution in [3.05, 3.63) is 29.6 Å². The van der Waals surface area contributed by atoms with Crippen LogP contribution in [0.25, 0.3) is 0 Å². The fourth-order valence-electron chi connectivity index (χ4n) is 2.23. The summed E-state index contributed by atoms with van der Waals surface area (Å²) in [5.74, 6) is 0.658. The molecule has 1 aliphatic carbocycles. The van der Waals surface area contributed by atoms with Crippen LogP contribution in [-0.2, 0) is 0 Å². The molecule has 1 aromatic heterocycles. The average molecular weight is 190 g/mol. The van der Waals surface area contributed by atoms with Gasteiger partial charge in [-0.15, -0.1) is 0 Å². The predicted octanol–water partition coefficient (Wildman–Crippen LogP) is 2.58. The van der Waals surface area contributed by atoms with Crippen molar-refractivity contribution < 1.29 is 0 Å². The normalized spacial score (nSPS) is 19.9. The number of aryl methyl sites for hydroxylation is 1. The molecule has 2 N–H and O–H groups in total. The molecular weight excluding hydrogens is 172 g/mol. The van der Waals surface area contributed by atoms with Gasteiger partial charge in [0, 0.05) is 12.2 Å². The molecule has 0 amide bonds. The van der Waals surface area contributed by atoms with E-state index in [0.29, 0.717) is 5.92 Å². The number of hydrogen-bond acceptors (Lipinski definition) is 2. The Kier molecular flexibility index (Phi) is 2.82. The predicted molar refractivity (Wildman–Crippen MR) is 57.9 cm³/mol. The molecule has 1 atom stereocenters. The largest absolute Gasteiger partial charge is 0.322 e. The van der Waals surface area contributed by atoms with Gasteiger partial charge in [-0.3, -0.25) is 4.98 Å². The summed E-state index contributed by atoms with van der Waals surface area (Å²) in [6.07, 6.45) is 7.13. The maximum atomic E-state index is 6.19. The van der Waals surface area contributed by atoms with E-state index in [-0.39, 0.29) is 6.04 Å². The van der Waals surface area contributed by atoms with Crippen LogP contribution in [0.1, 0.15) is 43.0 Å². The standard InChI is InChI=1S/C12H18N2/c1-9-6-7-11(14-8-9)12(13)10-4-2-3-5-10/h6-8,10,12H,2-5,13H2,1H3/t12-/m0/s1. The highest BCUT2D eigenvalue weighted by molar-refractivity contribution is 5.15. The lowest BCUT2D eigenvalue weighted by atomic mass is 9.96. The zero-order chi connectivity index (χ0) is 9.97. The third-order valence-electron chi connectivity index (χ3n) is 3.18. The Hall–Kier alpha value is -0.890. The SMILES string of the molecule is Cc1ccc([C@@H](N)C2CCCC2)nc1. The first-order valence-electron chi connectivity index (χ1n) is 5.45. The van der Waals surface area contributed by atoms with Gasteiger partial charge in [0.25, 0.3) is 0 Å². The van der Waals surface area contributed by atoms with Crippen LogP contribution in [0.3, 0.4) is 0 Å². The third-order valence-corrected chi connectivity index (χ3v) is 3.18. The molecule has 0 aromatic carbocycles. The zero-order valence-corrected chi connectivity index (χ0v) is 8.74. The van der Waals surface area contributed by atoms with Gasteiger partial charge in [-0.05, 0) is 37.3 Å². The van der Waals surface area contributed by atoms with Crippen molar-refractivity contribution in [2.75, 3.05) is 0 Å². The molecule has 1 saturated carbocycles. The number of nitrogens with zero attached hydrogens (tertiary/aromatic N) is 1. The van der Waals surface area contributed by atoms with Crippen molar-refractivity contribution in [2.45, 2.75) is 38.6 Å². The second-order valence-corrected chi connectivity index (χ2v) is 4.33. The summed E-state index contributed by atoms with van der Waals surface area (Å²) >= 11 is 0. The summed E-state index contributed by atoms with van der Waals surface area (Å²) < 4.78 is 0. The first-order valence-corrected chi connectivity index (χ1v) is 5.45. The molecule has 2 rings (SSSR count). The van der Waals surface area contributed by atoms with E-state index in [1.807, 2.05) is 6.20 Å². The van der Waals surface area contributed by atoms with Crippen LogP contribution < -0.4 is 5.73 Å². The van der Waals surface area contributed by atoms with Crippen LogP contribution in [-0.4, -0.2) is 4.98 Å². The Morgan fingerprint density at radius 1 is 1.36 bits per heavy atom. The van der Waals surface area contributed by atoms with E-state index >= 15 is 0 Å². The van der Waals surface area contributed by atoms with Crippen LogP contribution in [0, 0.1) is 12.8 Å². The number of aromatic nitrogens is 1. The minimum Gasteiger partial charge on any atom is -0.322 e. The quantitative estimate of drug-likeness (QED) is 0.778. The van der Waals surface area contributed by atoms with Gasteiger partial charge in [0.2, 0.25) is 0 Å². The van der Waals surface area contributed by atoms with E-state index in [4.69, 9.17) is 5.73 Å². The molecule has 1 fully saturated rings. The minimum atomic E-state index is 0.151. The Balaban J connectivity index is 2.09. The summed E-state index contributed by atoms with van der Waals surface area (Å²) in [5, 5.41) is 0. The highest BCUT2D eigenvalue weighted by Gasteiger charge is 2.23. The Morgan fingerprint density at radius 3 is 2.64 bits per heavy atom. The second kappa shape index (κ2) is 4.09. The maximum absolute atomic E-state index is 6.19. The number of nitrogens with two attached hydrogens (primary N) is 1. The van der Waals surface area contributed by atoms with Crippen LogP contribution in [0.5, 0.6) is 0 Å². The fraction of sp³-hybridized carbons (Fsp3) is 0.583. The van der Waals surface area contributed by atoms with E-state index in [1.54, 1.807) is 0 Å². The van der Waals surface area contributed by atoms with Gasteiger partial charge < -0.3 is 5.73 Å². The lowest BCUT2D eigenvalue weighted by Crippen LogP contribution is -2.20. The van der Waals surface area contributed by atoms with Crippen molar-refractivity contribution in [1.29, 1.82) is 0 Å². The molecule has 14 heavy (non-hydrogen) atoms. The van der Waals surface area contributed by atoms with Crippen molar-refractivity contribution >= 4 is 0 Å². The van der Waals surface area contributed by atoms with E-state index < -0.39 is 0 Å². The molecule has 0 spiro atoms. The van der Waals surface area contributed by atoms with Crippen LogP contribution in [0.2, 0.25) is 0 Å². The molecule has 0 aliphatic heterocycles. The molecule has 2 nitrogen and oxygen atoms in total. The highest BCUT2D eigenvalue weighted by Crippen LogP contribution is 2.33. The summed E-state index contributed by atoms with van der Waals surface area (Å²) in [7, 11) is 0.